The fraction of sp³-hybridized carbons (Fsp3) is 0.364. The molecule has 0 radical (unpaired) electrons. The molecule has 0 bridgehead atoms. The van der Waals surface area contributed by atoms with Crippen LogP contribution in [0.4, 0.5) is 5.95 Å². The predicted octanol–water partition coefficient (Wildman–Crippen LogP) is 2.89. The number of anilines is 1. The van der Waals surface area contributed by atoms with Crippen LogP contribution in [-0.2, 0) is 6.54 Å². The SMILES string of the molecule is c1csc(CNc2nccn2C2CC2)c1. The summed E-state index contributed by atoms with van der Waals surface area (Å²) in [7, 11) is 0. The molecule has 2 aromatic rings. The van der Waals surface area contributed by atoms with Gasteiger partial charge in [-0.3, -0.25) is 0 Å². The Labute approximate surface area is 92.8 Å². The van der Waals surface area contributed by atoms with Gasteiger partial charge in [0.05, 0.1) is 6.54 Å². The minimum Gasteiger partial charge on any atom is -0.351 e. The summed E-state index contributed by atoms with van der Waals surface area (Å²) < 4.78 is 2.24. The molecule has 2 aromatic heterocycles. The van der Waals surface area contributed by atoms with Crippen molar-refractivity contribution >= 4 is 17.3 Å². The van der Waals surface area contributed by atoms with Crippen LogP contribution in [0.15, 0.2) is 29.9 Å². The van der Waals surface area contributed by atoms with E-state index in [1.54, 1.807) is 11.3 Å². The van der Waals surface area contributed by atoms with E-state index in [4.69, 9.17) is 0 Å². The maximum Gasteiger partial charge on any atom is 0.203 e. The van der Waals surface area contributed by atoms with Crippen LogP contribution >= 0.6 is 11.3 Å². The fourth-order valence-corrected chi connectivity index (χ4v) is 2.32. The highest BCUT2D eigenvalue weighted by Gasteiger charge is 2.25. The van der Waals surface area contributed by atoms with Gasteiger partial charge in [0.15, 0.2) is 0 Å². The molecule has 0 amide bonds. The summed E-state index contributed by atoms with van der Waals surface area (Å²) in [6.07, 6.45) is 6.53. The zero-order valence-corrected chi connectivity index (χ0v) is 9.20. The Bertz CT molecular complexity index is 428. The fourth-order valence-electron chi connectivity index (χ4n) is 1.68. The van der Waals surface area contributed by atoms with E-state index in [0.717, 1.165) is 12.5 Å². The van der Waals surface area contributed by atoms with Crippen LogP contribution in [0.25, 0.3) is 0 Å². The Morgan fingerprint density at radius 3 is 3.20 bits per heavy atom. The van der Waals surface area contributed by atoms with Crippen molar-refractivity contribution in [1.82, 2.24) is 9.55 Å². The molecule has 1 aliphatic carbocycles. The van der Waals surface area contributed by atoms with Crippen molar-refractivity contribution in [2.24, 2.45) is 0 Å². The summed E-state index contributed by atoms with van der Waals surface area (Å²) in [5.41, 5.74) is 0. The third-order valence-electron chi connectivity index (χ3n) is 2.61. The molecule has 3 nitrogen and oxygen atoms in total. The maximum atomic E-state index is 4.33. The Kier molecular flexibility index (Phi) is 2.21. The third-order valence-corrected chi connectivity index (χ3v) is 3.49. The minimum absolute atomic E-state index is 0.693. The second-order valence-corrected chi connectivity index (χ2v) is 4.85. The van der Waals surface area contributed by atoms with Crippen LogP contribution in [0.1, 0.15) is 23.8 Å². The van der Waals surface area contributed by atoms with E-state index < -0.39 is 0 Å². The van der Waals surface area contributed by atoms with E-state index >= 15 is 0 Å². The first-order valence-electron chi connectivity index (χ1n) is 5.22. The zero-order valence-electron chi connectivity index (χ0n) is 8.39. The number of hydrogen-bond acceptors (Lipinski definition) is 3. The number of aromatic nitrogens is 2. The first-order chi connectivity index (χ1) is 7.43. The molecule has 4 heteroatoms. The van der Waals surface area contributed by atoms with Gasteiger partial charge in [0, 0.05) is 23.3 Å². The van der Waals surface area contributed by atoms with Gasteiger partial charge < -0.3 is 9.88 Å². The Morgan fingerprint density at radius 2 is 2.47 bits per heavy atom. The lowest BCUT2D eigenvalue weighted by molar-refractivity contribution is 0.744. The van der Waals surface area contributed by atoms with Crippen LogP contribution < -0.4 is 5.32 Å². The first-order valence-corrected chi connectivity index (χ1v) is 6.10. The van der Waals surface area contributed by atoms with Crippen molar-refractivity contribution < 1.29 is 0 Å². The number of rotatable bonds is 4. The molecule has 2 heterocycles. The molecule has 0 aliphatic heterocycles. The lowest BCUT2D eigenvalue weighted by Gasteiger charge is -2.07. The molecule has 3 rings (SSSR count). The largest absolute Gasteiger partial charge is 0.351 e. The highest BCUT2D eigenvalue weighted by molar-refractivity contribution is 7.09. The van der Waals surface area contributed by atoms with Crippen LogP contribution in [0, 0.1) is 0 Å². The number of imidazole rings is 1. The van der Waals surface area contributed by atoms with Gasteiger partial charge in [-0.1, -0.05) is 6.07 Å². The summed E-state index contributed by atoms with van der Waals surface area (Å²) >= 11 is 1.78. The molecular formula is C11H13N3S. The van der Waals surface area contributed by atoms with Crippen molar-refractivity contribution in [2.45, 2.75) is 25.4 Å². The molecule has 1 aliphatic rings. The van der Waals surface area contributed by atoms with E-state index in [2.05, 4.69) is 38.6 Å². The van der Waals surface area contributed by atoms with Crippen molar-refractivity contribution in [3.63, 3.8) is 0 Å². The van der Waals surface area contributed by atoms with Gasteiger partial charge in [0.1, 0.15) is 0 Å². The number of nitrogens with zero attached hydrogens (tertiary/aromatic N) is 2. The summed E-state index contributed by atoms with van der Waals surface area (Å²) in [6.45, 7) is 0.876. The number of thiophene rings is 1. The van der Waals surface area contributed by atoms with Crippen LogP contribution in [0.5, 0.6) is 0 Å². The molecule has 15 heavy (non-hydrogen) atoms. The third kappa shape index (κ3) is 1.90. The predicted molar refractivity (Wildman–Crippen MR) is 62.1 cm³/mol. The second kappa shape index (κ2) is 3.70. The van der Waals surface area contributed by atoms with Gasteiger partial charge in [0.25, 0.3) is 0 Å². The smallest absolute Gasteiger partial charge is 0.203 e. The molecular weight excluding hydrogens is 206 g/mol. The Morgan fingerprint density at radius 1 is 1.53 bits per heavy atom. The van der Waals surface area contributed by atoms with Gasteiger partial charge >= 0.3 is 0 Å². The second-order valence-electron chi connectivity index (χ2n) is 3.82. The molecule has 0 aromatic carbocycles. The average Bonchev–Trinajstić information content (AvgIpc) is 2.81. The van der Waals surface area contributed by atoms with E-state index in [-0.39, 0.29) is 0 Å². The van der Waals surface area contributed by atoms with Crippen LogP contribution in [-0.4, -0.2) is 9.55 Å². The Balaban J connectivity index is 1.68. The molecule has 0 atom stereocenters. The van der Waals surface area contributed by atoms with Crippen molar-refractivity contribution in [3.8, 4) is 0 Å². The lowest BCUT2D eigenvalue weighted by atomic mass is 10.5. The minimum atomic E-state index is 0.693. The van der Waals surface area contributed by atoms with E-state index in [0.29, 0.717) is 6.04 Å². The zero-order chi connectivity index (χ0) is 10.1. The topological polar surface area (TPSA) is 29.9 Å². The van der Waals surface area contributed by atoms with Crippen molar-refractivity contribution in [1.29, 1.82) is 0 Å². The normalized spacial score (nSPS) is 15.5. The Hall–Kier alpha value is -1.29. The molecule has 1 saturated carbocycles. The standard InChI is InChI=1S/C11H13N3S/c1-2-10(15-7-1)8-13-11-12-5-6-14(11)9-3-4-9/h1-2,5-7,9H,3-4,8H2,(H,12,13). The molecule has 1 fully saturated rings. The van der Waals surface area contributed by atoms with Gasteiger partial charge in [0.2, 0.25) is 5.95 Å². The first kappa shape index (κ1) is 8.97. The van der Waals surface area contributed by atoms with Crippen molar-refractivity contribution in [3.05, 3.63) is 34.8 Å². The van der Waals surface area contributed by atoms with Gasteiger partial charge in [-0.2, -0.15) is 0 Å². The van der Waals surface area contributed by atoms with Crippen molar-refractivity contribution in [2.75, 3.05) is 5.32 Å². The lowest BCUT2D eigenvalue weighted by Crippen LogP contribution is -2.05. The number of hydrogen-bond donors (Lipinski definition) is 1. The van der Waals surface area contributed by atoms with Crippen LogP contribution in [0.3, 0.4) is 0 Å². The molecule has 1 N–H and O–H groups in total. The molecule has 0 unspecified atom stereocenters. The van der Waals surface area contributed by atoms with E-state index in [9.17, 15) is 0 Å². The van der Waals surface area contributed by atoms with Crippen LogP contribution in [0.2, 0.25) is 0 Å². The van der Waals surface area contributed by atoms with Gasteiger partial charge in [-0.15, -0.1) is 11.3 Å². The van der Waals surface area contributed by atoms with E-state index in [1.807, 2.05) is 6.20 Å². The highest BCUT2D eigenvalue weighted by atomic mass is 32.1. The maximum absolute atomic E-state index is 4.33. The number of nitrogens with one attached hydrogen (secondary N) is 1. The van der Waals surface area contributed by atoms with Gasteiger partial charge in [-0.05, 0) is 24.3 Å². The summed E-state index contributed by atoms with van der Waals surface area (Å²) in [5.74, 6) is 1.01. The van der Waals surface area contributed by atoms with E-state index in [1.165, 1.54) is 17.7 Å². The average molecular weight is 219 g/mol. The van der Waals surface area contributed by atoms with Gasteiger partial charge in [-0.25, -0.2) is 4.98 Å². The molecule has 0 spiro atoms. The summed E-state index contributed by atoms with van der Waals surface area (Å²) in [6, 6.07) is 4.91. The monoisotopic (exact) mass is 219 g/mol. The summed E-state index contributed by atoms with van der Waals surface area (Å²) in [5, 5.41) is 5.48. The quantitative estimate of drug-likeness (QED) is 0.857. The summed E-state index contributed by atoms with van der Waals surface area (Å²) in [4.78, 5) is 5.68. The molecule has 78 valence electrons. The highest BCUT2D eigenvalue weighted by Crippen LogP contribution is 2.36. The molecule has 0 saturated heterocycles.